The lowest BCUT2D eigenvalue weighted by Crippen LogP contribution is -2.36. The van der Waals surface area contributed by atoms with Gasteiger partial charge in [0.25, 0.3) is 0 Å². The number of ether oxygens (including phenoxy) is 2. The van der Waals surface area contributed by atoms with Gasteiger partial charge in [0, 0.05) is 30.6 Å². The van der Waals surface area contributed by atoms with Gasteiger partial charge in [-0.2, -0.15) is 0 Å². The first-order chi connectivity index (χ1) is 11.9. The van der Waals surface area contributed by atoms with Crippen LogP contribution in [0, 0.1) is 17.8 Å². The van der Waals surface area contributed by atoms with Crippen molar-refractivity contribution in [2.24, 2.45) is 17.8 Å². The van der Waals surface area contributed by atoms with E-state index in [1.54, 1.807) is 13.0 Å². The number of phenols is 2. The molecule has 0 aromatic heterocycles. The molecular formula is C18H20O7. The number of carbonyl (C=O) groups is 2. The summed E-state index contributed by atoms with van der Waals surface area (Å²) in [5.41, 5.74) is 0.969. The molecule has 1 aromatic rings. The van der Waals surface area contributed by atoms with E-state index in [0.29, 0.717) is 12.0 Å². The van der Waals surface area contributed by atoms with E-state index >= 15 is 0 Å². The molecule has 1 saturated carbocycles. The van der Waals surface area contributed by atoms with Crippen LogP contribution in [-0.4, -0.2) is 40.0 Å². The van der Waals surface area contributed by atoms with Crippen LogP contribution in [0.15, 0.2) is 30.0 Å². The molecule has 3 rings (SSSR count). The Morgan fingerprint density at radius 3 is 2.80 bits per heavy atom. The highest BCUT2D eigenvalue weighted by atomic mass is 16.6. The van der Waals surface area contributed by atoms with Gasteiger partial charge in [-0.05, 0) is 17.7 Å². The topological polar surface area (TPSA) is 113 Å². The molecule has 1 aliphatic carbocycles. The number of rotatable bonds is 4. The second-order valence-electron chi connectivity index (χ2n) is 6.45. The van der Waals surface area contributed by atoms with Crippen molar-refractivity contribution in [2.75, 3.05) is 6.61 Å². The number of hydrogen-bond acceptors (Lipinski definition) is 7. The van der Waals surface area contributed by atoms with Crippen LogP contribution in [0.25, 0.3) is 0 Å². The van der Waals surface area contributed by atoms with Crippen LogP contribution in [-0.2, 0) is 25.5 Å². The third-order valence-corrected chi connectivity index (χ3v) is 4.93. The van der Waals surface area contributed by atoms with E-state index < -0.39 is 24.1 Å². The van der Waals surface area contributed by atoms with Gasteiger partial charge in [-0.3, -0.25) is 4.79 Å². The molecule has 134 valence electrons. The molecule has 1 aromatic carbocycles. The van der Waals surface area contributed by atoms with Gasteiger partial charge >= 0.3 is 5.97 Å². The fourth-order valence-electron chi connectivity index (χ4n) is 3.45. The van der Waals surface area contributed by atoms with Gasteiger partial charge in [-0.1, -0.05) is 13.0 Å². The van der Waals surface area contributed by atoms with Gasteiger partial charge in [-0.15, -0.1) is 0 Å². The van der Waals surface area contributed by atoms with E-state index in [1.807, 2.05) is 0 Å². The van der Waals surface area contributed by atoms with Gasteiger partial charge in [-0.25, -0.2) is 4.79 Å². The van der Waals surface area contributed by atoms with Crippen molar-refractivity contribution in [1.82, 2.24) is 0 Å². The van der Waals surface area contributed by atoms with Crippen molar-refractivity contribution < 1.29 is 34.4 Å². The molecule has 3 N–H and O–H groups in total. The van der Waals surface area contributed by atoms with Gasteiger partial charge in [0.2, 0.25) is 6.29 Å². The standard InChI is InChI=1S/C18H20O7/c1-9-14(20)7-11-12(8-25-18(23)16(9)11)17(22)24-5-4-10-2-3-13(19)15(21)6-10/h2-3,6,8-9,11,16,18-19,21,23H,4-5,7H2,1H3/t9-,11+,16-,18+/m0/s1. The average molecular weight is 348 g/mol. The predicted molar refractivity (Wildman–Crippen MR) is 85.4 cm³/mol. The number of aromatic hydroxyl groups is 2. The molecule has 2 aliphatic rings. The summed E-state index contributed by atoms with van der Waals surface area (Å²) in [5, 5.41) is 28.6. The molecule has 4 atom stereocenters. The van der Waals surface area contributed by atoms with Gasteiger partial charge in [0.05, 0.1) is 18.4 Å². The van der Waals surface area contributed by atoms with Crippen molar-refractivity contribution in [3.8, 4) is 11.5 Å². The molecule has 7 nitrogen and oxygen atoms in total. The van der Waals surface area contributed by atoms with Crippen molar-refractivity contribution >= 4 is 11.8 Å². The highest BCUT2D eigenvalue weighted by molar-refractivity contribution is 5.93. The van der Waals surface area contributed by atoms with Gasteiger partial charge < -0.3 is 24.8 Å². The van der Waals surface area contributed by atoms with E-state index in [2.05, 4.69) is 0 Å². The number of ketones is 1. The maximum Gasteiger partial charge on any atom is 0.337 e. The lowest BCUT2D eigenvalue weighted by Gasteiger charge is -2.31. The van der Waals surface area contributed by atoms with Crippen LogP contribution >= 0.6 is 0 Å². The average Bonchev–Trinajstić information content (AvgIpc) is 2.87. The molecule has 0 bridgehead atoms. The zero-order chi connectivity index (χ0) is 18.1. The Labute approximate surface area is 144 Å². The highest BCUT2D eigenvalue weighted by Crippen LogP contribution is 2.44. The third kappa shape index (κ3) is 3.32. The zero-order valence-corrected chi connectivity index (χ0v) is 13.7. The fourth-order valence-corrected chi connectivity index (χ4v) is 3.45. The first-order valence-electron chi connectivity index (χ1n) is 8.12. The molecule has 7 heteroatoms. The summed E-state index contributed by atoms with van der Waals surface area (Å²) in [6, 6.07) is 4.38. The third-order valence-electron chi connectivity index (χ3n) is 4.93. The van der Waals surface area contributed by atoms with Crippen molar-refractivity contribution in [3.05, 3.63) is 35.6 Å². The molecule has 1 heterocycles. The van der Waals surface area contributed by atoms with Crippen LogP contribution in [0.2, 0.25) is 0 Å². The number of esters is 1. The van der Waals surface area contributed by atoms with E-state index in [4.69, 9.17) is 9.47 Å². The van der Waals surface area contributed by atoms with E-state index in [-0.39, 0.29) is 41.8 Å². The Bertz CT molecular complexity index is 724. The second kappa shape index (κ2) is 6.76. The lowest BCUT2D eigenvalue weighted by atomic mass is 9.83. The molecule has 0 saturated heterocycles. The Balaban J connectivity index is 1.61. The monoisotopic (exact) mass is 348 g/mol. The summed E-state index contributed by atoms with van der Waals surface area (Å²) >= 11 is 0. The minimum absolute atomic E-state index is 0.00202. The second-order valence-corrected chi connectivity index (χ2v) is 6.45. The largest absolute Gasteiger partial charge is 0.504 e. The molecule has 0 radical (unpaired) electrons. The Morgan fingerprint density at radius 2 is 2.08 bits per heavy atom. The summed E-state index contributed by atoms with van der Waals surface area (Å²) in [6.45, 7) is 1.80. The van der Waals surface area contributed by atoms with Crippen LogP contribution < -0.4 is 0 Å². The predicted octanol–water partition coefficient (Wildman–Crippen LogP) is 1.26. The van der Waals surface area contributed by atoms with Crippen LogP contribution in [0.3, 0.4) is 0 Å². The molecule has 0 amide bonds. The number of carbonyl (C=O) groups excluding carboxylic acids is 2. The van der Waals surface area contributed by atoms with Crippen molar-refractivity contribution in [1.29, 1.82) is 0 Å². The van der Waals surface area contributed by atoms with Crippen LogP contribution in [0.5, 0.6) is 11.5 Å². The normalized spacial score (nSPS) is 28.1. The summed E-state index contributed by atoms with van der Waals surface area (Å²) in [7, 11) is 0. The lowest BCUT2D eigenvalue weighted by molar-refractivity contribution is -0.147. The number of benzene rings is 1. The summed E-state index contributed by atoms with van der Waals surface area (Å²) in [4.78, 5) is 24.2. The Morgan fingerprint density at radius 1 is 1.32 bits per heavy atom. The molecule has 1 fully saturated rings. The molecule has 1 aliphatic heterocycles. The van der Waals surface area contributed by atoms with E-state index in [0.717, 1.165) is 0 Å². The minimum atomic E-state index is -1.09. The first kappa shape index (κ1) is 17.3. The summed E-state index contributed by atoms with van der Waals surface area (Å²) in [6.07, 6.45) is 0.646. The van der Waals surface area contributed by atoms with E-state index in [9.17, 15) is 24.9 Å². The van der Waals surface area contributed by atoms with Crippen LogP contribution in [0.4, 0.5) is 0 Å². The van der Waals surface area contributed by atoms with Gasteiger partial charge in [0.15, 0.2) is 11.5 Å². The summed E-state index contributed by atoms with van der Waals surface area (Å²) < 4.78 is 10.4. The van der Waals surface area contributed by atoms with Crippen LogP contribution in [0.1, 0.15) is 18.9 Å². The number of phenolic OH excluding ortho intramolecular Hbond substituents is 2. The molecule has 25 heavy (non-hydrogen) atoms. The number of aliphatic hydroxyl groups excluding tert-OH is 1. The quantitative estimate of drug-likeness (QED) is 0.554. The maximum absolute atomic E-state index is 12.3. The summed E-state index contributed by atoms with van der Waals surface area (Å²) in [5.74, 6) is -2.22. The number of hydrogen-bond donors (Lipinski definition) is 3. The molecule has 0 spiro atoms. The molecule has 0 unspecified atom stereocenters. The Hall–Kier alpha value is -2.54. The smallest absolute Gasteiger partial charge is 0.337 e. The van der Waals surface area contributed by atoms with Crippen molar-refractivity contribution in [2.45, 2.75) is 26.1 Å². The maximum atomic E-state index is 12.3. The first-order valence-corrected chi connectivity index (χ1v) is 8.12. The fraction of sp³-hybridized carbons (Fsp3) is 0.444. The highest BCUT2D eigenvalue weighted by Gasteiger charge is 2.49. The van der Waals surface area contributed by atoms with Gasteiger partial charge in [0.1, 0.15) is 5.78 Å². The Kier molecular flexibility index (Phi) is 4.67. The van der Waals surface area contributed by atoms with Crippen molar-refractivity contribution in [3.63, 3.8) is 0 Å². The number of Topliss-reactive ketones (excluding diaryl/α,β-unsaturated/α-hetero) is 1. The SMILES string of the molecule is C[C@H]1C(=O)C[C@@H]2C(C(=O)OCCc3ccc(O)c(O)c3)=CO[C@@H](O)[C@H]21. The number of aliphatic hydroxyl groups is 1. The minimum Gasteiger partial charge on any atom is -0.504 e. The zero-order valence-electron chi connectivity index (χ0n) is 13.7. The molecular weight excluding hydrogens is 328 g/mol. The number of fused-ring (bicyclic) bond motifs is 1. The van der Waals surface area contributed by atoms with E-state index in [1.165, 1.54) is 18.4 Å².